The van der Waals surface area contributed by atoms with Crippen molar-refractivity contribution in [1.82, 2.24) is 9.80 Å². The molecule has 0 aromatic heterocycles. The highest BCUT2D eigenvalue weighted by Crippen LogP contribution is 2.32. The fourth-order valence-electron chi connectivity index (χ4n) is 4.04. The fraction of sp³-hybridized carbons (Fsp3) is 0.391. The average Bonchev–Trinajstić information content (AvgIpc) is 2.74. The van der Waals surface area contributed by atoms with E-state index in [-0.39, 0.29) is 30.2 Å². The molecule has 0 saturated carbocycles. The Labute approximate surface area is 178 Å². The fourth-order valence-corrected chi connectivity index (χ4v) is 4.04. The predicted octanol–water partition coefficient (Wildman–Crippen LogP) is 3.52. The summed E-state index contributed by atoms with van der Waals surface area (Å²) in [5.74, 6) is 0.0945. The summed E-state index contributed by atoms with van der Waals surface area (Å²) in [5, 5.41) is 0. The Hall–Kier alpha value is -2.37. The smallest absolute Gasteiger partial charge is 0.318 e. The first-order valence-electron chi connectivity index (χ1n) is 9.99. The number of halogens is 1. The van der Waals surface area contributed by atoms with E-state index in [1.807, 2.05) is 23.1 Å². The van der Waals surface area contributed by atoms with Crippen LogP contribution in [0.15, 0.2) is 48.5 Å². The lowest BCUT2D eigenvalue weighted by molar-refractivity contribution is -0.136. The minimum Gasteiger partial charge on any atom is -0.426 e. The quantitative estimate of drug-likeness (QED) is 0.569. The summed E-state index contributed by atoms with van der Waals surface area (Å²) in [5.41, 5.74) is 2.96. The molecular weight excluding hydrogens is 388 g/mol. The number of nitrogens with zero attached hydrogens (tertiary/aromatic N) is 2. The molecule has 29 heavy (non-hydrogen) atoms. The van der Waals surface area contributed by atoms with Crippen LogP contribution >= 0.6 is 12.4 Å². The van der Waals surface area contributed by atoms with Gasteiger partial charge < -0.3 is 14.5 Å². The highest BCUT2D eigenvalue weighted by atomic mass is 35.5. The molecule has 1 aliphatic carbocycles. The molecular formula is C23H27ClN2O3. The molecule has 4 rings (SSSR count). The molecule has 5 nitrogen and oxygen atoms in total. The van der Waals surface area contributed by atoms with Crippen molar-refractivity contribution in [2.45, 2.75) is 25.2 Å². The number of benzene rings is 2. The Kier molecular flexibility index (Phi) is 6.93. The van der Waals surface area contributed by atoms with E-state index in [2.05, 4.69) is 18.0 Å². The summed E-state index contributed by atoms with van der Waals surface area (Å²) in [7, 11) is 2.07. The van der Waals surface area contributed by atoms with Gasteiger partial charge in [0.2, 0.25) is 0 Å². The minimum atomic E-state index is -0.217. The lowest BCUT2D eigenvalue weighted by Gasteiger charge is -2.32. The van der Waals surface area contributed by atoms with Gasteiger partial charge in [-0.15, -0.1) is 12.4 Å². The Morgan fingerprint density at radius 3 is 2.38 bits per heavy atom. The highest BCUT2D eigenvalue weighted by molar-refractivity contribution is 5.94. The topological polar surface area (TPSA) is 49.9 Å². The standard InChI is InChI=1S/C23H26N2O3.ClH/c1-24-13-15-25(16-14-24)22(26)18-9-11-19(12-10-18)28-23(27)21-8-4-6-17-5-2-3-7-20(17)21;/h2-3,5,7,9-12,21H,4,6,8,13-16H2,1H3;1H. The van der Waals surface area contributed by atoms with Crippen LogP contribution in [0.3, 0.4) is 0 Å². The number of aryl methyl sites for hydroxylation is 1. The van der Waals surface area contributed by atoms with E-state index in [1.165, 1.54) is 5.56 Å². The zero-order chi connectivity index (χ0) is 19.5. The molecule has 154 valence electrons. The Balaban J connectivity index is 0.00000240. The van der Waals surface area contributed by atoms with Gasteiger partial charge in [-0.05, 0) is 61.7 Å². The number of esters is 1. The van der Waals surface area contributed by atoms with Gasteiger partial charge in [-0.1, -0.05) is 24.3 Å². The van der Waals surface area contributed by atoms with Gasteiger partial charge in [0.25, 0.3) is 5.91 Å². The second kappa shape index (κ2) is 9.42. The second-order valence-electron chi connectivity index (χ2n) is 7.68. The van der Waals surface area contributed by atoms with E-state index in [1.54, 1.807) is 24.3 Å². The molecule has 1 atom stereocenters. The first kappa shape index (κ1) is 21.3. The van der Waals surface area contributed by atoms with Gasteiger partial charge in [0.05, 0.1) is 5.92 Å². The molecule has 0 spiro atoms. The van der Waals surface area contributed by atoms with Gasteiger partial charge in [0.15, 0.2) is 0 Å². The van der Waals surface area contributed by atoms with Gasteiger partial charge >= 0.3 is 5.97 Å². The van der Waals surface area contributed by atoms with Crippen LogP contribution in [0.5, 0.6) is 5.75 Å². The lowest BCUT2D eigenvalue weighted by Crippen LogP contribution is -2.47. The molecule has 0 radical (unpaired) electrons. The Morgan fingerprint density at radius 1 is 0.966 bits per heavy atom. The molecule has 2 aromatic rings. The minimum absolute atomic E-state index is 0. The number of carbonyl (C=O) groups excluding carboxylic acids is 2. The van der Waals surface area contributed by atoms with Crippen LogP contribution < -0.4 is 4.74 Å². The number of hydrogen-bond acceptors (Lipinski definition) is 4. The normalized spacial score (nSPS) is 19.1. The van der Waals surface area contributed by atoms with Crippen LogP contribution in [0.4, 0.5) is 0 Å². The third-order valence-electron chi connectivity index (χ3n) is 5.76. The molecule has 1 aliphatic heterocycles. The number of carbonyl (C=O) groups is 2. The zero-order valence-electron chi connectivity index (χ0n) is 16.7. The van der Waals surface area contributed by atoms with Gasteiger partial charge in [0, 0.05) is 31.7 Å². The Morgan fingerprint density at radius 2 is 1.66 bits per heavy atom. The highest BCUT2D eigenvalue weighted by Gasteiger charge is 2.28. The summed E-state index contributed by atoms with van der Waals surface area (Å²) in [6.07, 6.45) is 2.83. The summed E-state index contributed by atoms with van der Waals surface area (Å²) < 4.78 is 5.63. The maximum Gasteiger partial charge on any atom is 0.318 e. The van der Waals surface area contributed by atoms with Crippen molar-refractivity contribution in [1.29, 1.82) is 0 Å². The number of amides is 1. The van der Waals surface area contributed by atoms with E-state index < -0.39 is 0 Å². The maximum atomic E-state index is 12.7. The van der Waals surface area contributed by atoms with Crippen molar-refractivity contribution < 1.29 is 14.3 Å². The first-order chi connectivity index (χ1) is 13.6. The molecule has 2 aromatic carbocycles. The predicted molar refractivity (Wildman–Crippen MR) is 115 cm³/mol. The van der Waals surface area contributed by atoms with Crippen LogP contribution in [0, 0.1) is 0 Å². The van der Waals surface area contributed by atoms with Gasteiger partial charge in [-0.25, -0.2) is 0 Å². The van der Waals surface area contributed by atoms with Crippen LogP contribution in [0.25, 0.3) is 0 Å². The molecule has 1 amide bonds. The third kappa shape index (κ3) is 4.80. The lowest BCUT2D eigenvalue weighted by atomic mass is 9.83. The molecule has 2 aliphatic rings. The maximum absolute atomic E-state index is 12.7. The molecule has 1 unspecified atom stereocenters. The SMILES string of the molecule is CN1CCN(C(=O)c2ccc(OC(=O)C3CCCc4ccccc43)cc2)CC1.Cl. The summed E-state index contributed by atoms with van der Waals surface area (Å²) in [6.45, 7) is 3.27. The second-order valence-corrected chi connectivity index (χ2v) is 7.68. The molecule has 1 fully saturated rings. The van der Waals surface area contributed by atoms with E-state index in [0.29, 0.717) is 11.3 Å². The molecule has 0 bridgehead atoms. The van der Waals surface area contributed by atoms with Crippen molar-refractivity contribution in [3.05, 3.63) is 65.2 Å². The van der Waals surface area contributed by atoms with E-state index in [4.69, 9.17) is 4.74 Å². The van der Waals surface area contributed by atoms with Gasteiger partial charge in [-0.2, -0.15) is 0 Å². The van der Waals surface area contributed by atoms with Crippen LogP contribution in [-0.2, 0) is 11.2 Å². The summed E-state index contributed by atoms with van der Waals surface area (Å²) in [6, 6.07) is 15.0. The number of likely N-dealkylation sites (N-methyl/N-ethyl adjacent to an activating group) is 1. The van der Waals surface area contributed by atoms with Crippen LogP contribution in [0.2, 0.25) is 0 Å². The number of rotatable bonds is 3. The molecule has 1 heterocycles. The average molecular weight is 415 g/mol. The van der Waals surface area contributed by atoms with Crippen molar-refractivity contribution >= 4 is 24.3 Å². The van der Waals surface area contributed by atoms with Gasteiger partial charge in [-0.3, -0.25) is 9.59 Å². The molecule has 0 N–H and O–H groups in total. The number of fused-ring (bicyclic) bond motifs is 1. The molecule has 6 heteroatoms. The van der Waals surface area contributed by atoms with E-state index in [9.17, 15) is 9.59 Å². The number of piperazine rings is 1. The monoisotopic (exact) mass is 414 g/mol. The van der Waals surface area contributed by atoms with Crippen molar-refractivity contribution in [2.24, 2.45) is 0 Å². The number of hydrogen-bond donors (Lipinski definition) is 0. The van der Waals surface area contributed by atoms with Crippen LogP contribution in [0.1, 0.15) is 40.2 Å². The van der Waals surface area contributed by atoms with Crippen LogP contribution in [-0.4, -0.2) is 54.9 Å². The third-order valence-corrected chi connectivity index (χ3v) is 5.76. The van der Waals surface area contributed by atoms with Crippen molar-refractivity contribution in [3.63, 3.8) is 0 Å². The summed E-state index contributed by atoms with van der Waals surface area (Å²) in [4.78, 5) is 29.4. The van der Waals surface area contributed by atoms with Gasteiger partial charge in [0.1, 0.15) is 5.75 Å². The number of ether oxygens (including phenoxy) is 1. The zero-order valence-corrected chi connectivity index (χ0v) is 17.5. The first-order valence-corrected chi connectivity index (χ1v) is 9.99. The van der Waals surface area contributed by atoms with Crippen molar-refractivity contribution in [2.75, 3.05) is 33.2 Å². The van der Waals surface area contributed by atoms with E-state index in [0.717, 1.165) is 51.0 Å². The van der Waals surface area contributed by atoms with Crippen molar-refractivity contribution in [3.8, 4) is 5.75 Å². The Bertz CT molecular complexity index is 861. The molecule has 1 saturated heterocycles. The summed E-state index contributed by atoms with van der Waals surface area (Å²) >= 11 is 0. The largest absolute Gasteiger partial charge is 0.426 e. The van der Waals surface area contributed by atoms with E-state index >= 15 is 0 Å².